The molecule has 0 unspecified atom stereocenters. The van der Waals surface area contributed by atoms with Crippen molar-refractivity contribution in [2.45, 2.75) is 59.5 Å². The highest BCUT2D eigenvalue weighted by molar-refractivity contribution is 5.87. The van der Waals surface area contributed by atoms with Crippen LogP contribution in [0.1, 0.15) is 50.3 Å². The largest absolute Gasteiger partial charge is 0.490 e. The molecule has 6 nitrogen and oxygen atoms in total. The molecule has 6 heteroatoms. The summed E-state index contributed by atoms with van der Waals surface area (Å²) >= 11 is 0. The normalized spacial score (nSPS) is 11.5. The Bertz CT molecular complexity index is 897. The Morgan fingerprint density at radius 1 is 1.00 bits per heavy atom. The maximum atomic E-state index is 13.3. The molecule has 0 aromatic heterocycles. The van der Waals surface area contributed by atoms with Crippen LogP contribution >= 0.6 is 0 Å². The van der Waals surface area contributed by atoms with Crippen LogP contribution in [0.4, 0.5) is 0 Å². The molecular formula is C26H36N2O4. The molecule has 0 aliphatic heterocycles. The fourth-order valence-corrected chi connectivity index (χ4v) is 3.70. The van der Waals surface area contributed by atoms with Crippen LogP contribution in [0.2, 0.25) is 0 Å². The Morgan fingerprint density at radius 2 is 1.69 bits per heavy atom. The van der Waals surface area contributed by atoms with E-state index in [-0.39, 0.29) is 11.8 Å². The predicted molar refractivity (Wildman–Crippen MR) is 127 cm³/mol. The van der Waals surface area contributed by atoms with E-state index in [1.54, 1.807) is 11.9 Å². The van der Waals surface area contributed by atoms with Crippen LogP contribution in [0.3, 0.4) is 0 Å². The van der Waals surface area contributed by atoms with E-state index in [2.05, 4.69) is 5.32 Å². The lowest BCUT2D eigenvalue weighted by molar-refractivity contribution is -0.141. The first-order chi connectivity index (χ1) is 15.4. The summed E-state index contributed by atoms with van der Waals surface area (Å²) in [4.78, 5) is 27.5. The first-order valence-electron chi connectivity index (χ1n) is 11.4. The summed E-state index contributed by atoms with van der Waals surface area (Å²) in [6, 6.07) is 13.2. The summed E-state index contributed by atoms with van der Waals surface area (Å²) in [5, 5.41) is 2.70. The van der Waals surface area contributed by atoms with Crippen LogP contribution in [-0.2, 0) is 22.6 Å². The van der Waals surface area contributed by atoms with Crippen LogP contribution < -0.4 is 14.8 Å². The number of nitrogens with one attached hydrogen (secondary N) is 1. The summed E-state index contributed by atoms with van der Waals surface area (Å²) in [6.07, 6.45) is 1.41. The zero-order valence-electron chi connectivity index (χ0n) is 19.9. The van der Waals surface area contributed by atoms with E-state index in [1.807, 2.05) is 70.2 Å². The second-order valence-corrected chi connectivity index (χ2v) is 7.63. The van der Waals surface area contributed by atoms with E-state index >= 15 is 0 Å². The quantitative estimate of drug-likeness (QED) is 0.535. The van der Waals surface area contributed by atoms with Crippen LogP contribution in [0, 0.1) is 6.92 Å². The van der Waals surface area contributed by atoms with Gasteiger partial charge in [-0.05, 0) is 62.4 Å². The molecule has 0 aliphatic carbocycles. The third-order valence-corrected chi connectivity index (χ3v) is 5.47. The Balaban J connectivity index is 2.21. The molecule has 174 valence electrons. The van der Waals surface area contributed by atoms with Gasteiger partial charge in [-0.25, -0.2) is 0 Å². The van der Waals surface area contributed by atoms with Crippen molar-refractivity contribution in [1.82, 2.24) is 10.2 Å². The van der Waals surface area contributed by atoms with Crippen molar-refractivity contribution in [2.24, 2.45) is 0 Å². The molecule has 0 heterocycles. The number of carbonyl (C=O) groups is 2. The van der Waals surface area contributed by atoms with Crippen molar-refractivity contribution in [3.8, 4) is 11.5 Å². The predicted octanol–water partition coefficient (Wildman–Crippen LogP) is 4.28. The number of benzene rings is 2. The molecule has 0 bridgehead atoms. The third-order valence-electron chi connectivity index (χ3n) is 5.47. The maximum Gasteiger partial charge on any atom is 0.242 e. The summed E-state index contributed by atoms with van der Waals surface area (Å²) < 4.78 is 11.3. The van der Waals surface area contributed by atoms with Crippen molar-refractivity contribution in [3.05, 3.63) is 59.2 Å². The second kappa shape index (κ2) is 12.7. The van der Waals surface area contributed by atoms with E-state index in [1.165, 1.54) is 0 Å². The zero-order valence-corrected chi connectivity index (χ0v) is 19.9. The minimum atomic E-state index is -0.508. The minimum absolute atomic E-state index is 0.0458. The lowest BCUT2D eigenvalue weighted by Gasteiger charge is -2.31. The Labute approximate surface area is 191 Å². The average Bonchev–Trinajstić information content (AvgIpc) is 2.80. The summed E-state index contributed by atoms with van der Waals surface area (Å²) in [7, 11) is 1.61. The first-order valence-corrected chi connectivity index (χ1v) is 11.4. The molecule has 32 heavy (non-hydrogen) atoms. The van der Waals surface area contributed by atoms with Crippen LogP contribution in [-0.4, -0.2) is 43.0 Å². The highest BCUT2D eigenvalue weighted by atomic mass is 16.5. The Morgan fingerprint density at radius 3 is 2.31 bits per heavy atom. The van der Waals surface area contributed by atoms with Gasteiger partial charge in [-0.3, -0.25) is 9.59 Å². The van der Waals surface area contributed by atoms with Crippen LogP contribution in [0.5, 0.6) is 11.5 Å². The molecule has 2 aromatic rings. The Kier molecular flexibility index (Phi) is 10.1. The standard InChI is InChI=1S/C26H36N2O4/c1-6-22(26(30)27-5)28(18-21-12-10-9-11-19(21)4)25(29)16-14-20-13-15-23(31-7-2)24(17-20)32-8-3/h9-13,15,17,22H,6-8,14,16,18H2,1-5H3,(H,27,30)/t22-/m0/s1. The van der Waals surface area contributed by atoms with Gasteiger partial charge in [-0.15, -0.1) is 0 Å². The smallest absolute Gasteiger partial charge is 0.242 e. The fraction of sp³-hybridized carbons (Fsp3) is 0.462. The molecule has 1 N–H and O–H groups in total. The number of aryl methyl sites for hydroxylation is 2. The number of likely N-dealkylation sites (N-methyl/N-ethyl adjacent to an activating group) is 1. The lowest BCUT2D eigenvalue weighted by Crippen LogP contribution is -2.48. The van der Waals surface area contributed by atoms with Crippen molar-refractivity contribution in [3.63, 3.8) is 0 Å². The van der Waals surface area contributed by atoms with Gasteiger partial charge in [0.1, 0.15) is 6.04 Å². The van der Waals surface area contributed by atoms with Gasteiger partial charge in [0.2, 0.25) is 11.8 Å². The van der Waals surface area contributed by atoms with Gasteiger partial charge in [0.05, 0.1) is 13.2 Å². The molecule has 2 amide bonds. The number of hydrogen-bond acceptors (Lipinski definition) is 4. The first kappa shape index (κ1) is 25.2. The molecular weight excluding hydrogens is 404 g/mol. The molecule has 0 aliphatic rings. The molecule has 0 radical (unpaired) electrons. The number of nitrogens with zero attached hydrogens (tertiary/aromatic N) is 1. The van der Waals surface area contributed by atoms with Gasteiger partial charge in [-0.2, -0.15) is 0 Å². The van der Waals surface area contributed by atoms with E-state index in [0.717, 1.165) is 16.7 Å². The second-order valence-electron chi connectivity index (χ2n) is 7.63. The molecule has 0 fully saturated rings. The number of amides is 2. The average molecular weight is 441 g/mol. The lowest BCUT2D eigenvalue weighted by atomic mass is 10.0. The van der Waals surface area contributed by atoms with E-state index in [0.29, 0.717) is 50.5 Å². The Hall–Kier alpha value is -3.02. The fourth-order valence-electron chi connectivity index (χ4n) is 3.70. The molecule has 2 aromatic carbocycles. The summed E-state index contributed by atoms with van der Waals surface area (Å²) in [5.41, 5.74) is 3.14. The zero-order chi connectivity index (χ0) is 23.5. The molecule has 0 saturated heterocycles. The number of rotatable bonds is 12. The van der Waals surface area contributed by atoms with E-state index < -0.39 is 6.04 Å². The highest BCUT2D eigenvalue weighted by Crippen LogP contribution is 2.29. The van der Waals surface area contributed by atoms with Crippen LogP contribution in [0.15, 0.2) is 42.5 Å². The van der Waals surface area contributed by atoms with Gasteiger partial charge in [-0.1, -0.05) is 37.3 Å². The number of ether oxygens (including phenoxy) is 2. The monoisotopic (exact) mass is 440 g/mol. The number of carbonyl (C=O) groups excluding carboxylic acids is 2. The van der Waals surface area contributed by atoms with Crippen molar-refractivity contribution < 1.29 is 19.1 Å². The van der Waals surface area contributed by atoms with Crippen LogP contribution in [0.25, 0.3) is 0 Å². The van der Waals surface area contributed by atoms with E-state index in [9.17, 15) is 9.59 Å². The summed E-state index contributed by atoms with van der Waals surface area (Å²) in [5.74, 6) is 1.20. The molecule has 0 spiro atoms. The van der Waals surface area contributed by atoms with Gasteiger partial charge in [0.15, 0.2) is 11.5 Å². The van der Waals surface area contributed by atoms with Crippen molar-refractivity contribution >= 4 is 11.8 Å². The van der Waals surface area contributed by atoms with Gasteiger partial charge >= 0.3 is 0 Å². The summed E-state index contributed by atoms with van der Waals surface area (Å²) in [6.45, 7) is 9.32. The molecule has 2 rings (SSSR count). The van der Waals surface area contributed by atoms with E-state index in [4.69, 9.17) is 9.47 Å². The SMILES string of the molecule is CCOc1ccc(CCC(=O)N(Cc2ccccc2C)[C@@H](CC)C(=O)NC)cc1OCC. The number of hydrogen-bond donors (Lipinski definition) is 1. The van der Waals surface area contributed by atoms with Gasteiger partial charge in [0, 0.05) is 20.0 Å². The topological polar surface area (TPSA) is 67.9 Å². The third kappa shape index (κ3) is 6.74. The molecule has 0 saturated carbocycles. The van der Waals surface area contributed by atoms with Gasteiger partial charge in [0.25, 0.3) is 0 Å². The maximum absolute atomic E-state index is 13.3. The highest BCUT2D eigenvalue weighted by Gasteiger charge is 2.28. The van der Waals surface area contributed by atoms with Crippen molar-refractivity contribution in [2.75, 3.05) is 20.3 Å². The van der Waals surface area contributed by atoms with Gasteiger partial charge < -0.3 is 19.7 Å². The molecule has 1 atom stereocenters. The minimum Gasteiger partial charge on any atom is -0.490 e. The van der Waals surface area contributed by atoms with Crippen molar-refractivity contribution in [1.29, 1.82) is 0 Å².